The summed E-state index contributed by atoms with van der Waals surface area (Å²) in [6.07, 6.45) is 0. The highest BCUT2D eigenvalue weighted by molar-refractivity contribution is 7.82. The van der Waals surface area contributed by atoms with Gasteiger partial charge in [0.15, 0.2) is 0 Å². The molecule has 0 radical (unpaired) electrons. The number of esters is 1. The van der Waals surface area contributed by atoms with E-state index in [0.717, 1.165) is 0 Å². The molecule has 0 amide bonds. The normalized spacial score (nSPS) is 9.60. The largest absolute Gasteiger partial charge is 0.462 e. The zero-order valence-corrected chi connectivity index (χ0v) is 7.33. The summed E-state index contributed by atoms with van der Waals surface area (Å²) in [6, 6.07) is 0. The molecule has 58 valence electrons. The lowest BCUT2D eigenvalue weighted by Gasteiger charge is -2.04. The van der Waals surface area contributed by atoms with Gasteiger partial charge in [-0.2, -0.15) is 0 Å². The topological polar surface area (TPSA) is 26.3 Å². The van der Waals surface area contributed by atoms with Gasteiger partial charge in [-0.1, -0.05) is 26.1 Å². The van der Waals surface area contributed by atoms with Crippen LogP contribution in [0, 0.1) is 5.92 Å². The maximum atomic E-state index is 10.8. The minimum atomic E-state index is -0.354. The van der Waals surface area contributed by atoms with E-state index in [1.165, 1.54) is 0 Å². The van der Waals surface area contributed by atoms with Crippen LogP contribution in [0.2, 0.25) is 0 Å². The van der Waals surface area contributed by atoms with Crippen LogP contribution in [0.25, 0.3) is 0 Å². The van der Waals surface area contributed by atoms with Crippen molar-refractivity contribution in [1.29, 1.82) is 0 Å². The lowest BCUT2D eigenvalue weighted by atomic mass is 10.1. The summed E-state index contributed by atoms with van der Waals surface area (Å²) in [6.45, 7) is 5.91. The minimum absolute atomic E-state index is 0.106. The van der Waals surface area contributed by atoms with E-state index in [9.17, 15) is 4.79 Å². The molecule has 2 nitrogen and oxygen atoms in total. The van der Waals surface area contributed by atoms with E-state index < -0.39 is 0 Å². The zero-order chi connectivity index (χ0) is 8.15. The van der Waals surface area contributed by atoms with Gasteiger partial charge in [-0.05, 0) is 12.8 Å². The van der Waals surface area contributed by atoms with E-state index in [-0.39, 0.29) is 11.9 Å². The monoisotopic (exact) mass is 160 g/mol. The molecule has 0 saturated carbocycles. The second kappa shape index (κ2) is 4.39. The molecule has 0 spiro atoms. The summed E-state index contributed by atoms with van der Waals surface area (Å²) >= 11 is 4.79. The van der Waals surface area contributed by atoms with Crippen LogP contribution in [0.3, 0.4) is 0 Å². The Bertz CT molecular complexity index is 141. The third-order valence-corrected chi connectivity index (χ3v) is 1.64. The fourth-order valence-electron chi connectivity index (χ4n) is 0.438. The van der Waals surface area contributed by atoms with Crippen LogP contribution in [-0.2, 0) is 9.53 Å². The van der Waals surface area contributed by atoms with Crippen molar-refractivity contribution in [3.05, 3.63) is 0 Å². The molecule has 0 aromatic carbocycles. The first kappa shape index (κ1) is 9.56. The van der Waals surface area contributed by atoms with Crippen molar-refractivity contribution in [3.8, 4) is 0 Å². The summed E-state index contributed by atoms with van der Waals surface area (Å²) in [5.74, 6) is -0.249. The molecule has 0 heterocycles. The number of carbonyl (C=O) groups excluding carboxylic acids is 1. The molecular formula is C7H12O2S. The van der Waals surface area contributed by atoms with Crippen molar-refractivity contribution < 1.29 is 9.53 Å². The van der Waals surface area contributed by atoms with E-state index in [1.807, 2.05) is 13.8 Å². The van der Waals surface area contributed by atoms with E-state index in [1.54, 1.807) is 6.92 Å². The van der Waals surface area contributed by atoms with Gasteiger partial charge in [0.05, 0.1) is 6.61 Å². The summed E-state index contributed by atoms with van der Waals surface area (Å²) in [5, 5.41) is 0. The fraction of sp³-hybridized carbons (Fsp3) is 0.714. The number of hydrogen-bond acceptors (Lipinski definition) is 3. The Morgan fingerprint density at radius 2 is 2.10 bits per heavy atom. The van der Waals surface area contributed by atoms with E-state index >= 15 is 0 Å². The van der Waals surface area contributed by atoms with Gasteiger partial charge in [0.2, 0.25) is 0 Å². The van der Waals surface area contributed by atoms with Crippen molar-refractivity contribution in [1.82, 2.24) is 0 Å². The van der Waals surface area contributed by atoms with Crippen LogP contribution < -0.4 is 0 Å². The minimum Gasteiger partial charge on any atom is -0.462 e. The summed E-state index contributed by atoms with van der Waals surface area (Å²) in [4.78, 5) is 11.2. The molecule has 0 aromatic rings. The van der Waals surface area contributed by atoms with Crippen LogP contribution in [0.15, 0.2) is 0 Å². The zero-order valence-electron chi connectivity index (χ0n) is 6.51. The van der Waals surface area contributed by atoms with Crippen LogP contribution >= 0.6 is 12.2 Å². The van der Waals surface area contributed by atoms with Crippen LogP contribution in [-0.4, -0.2) is 17.4 Å². The average Bonchev–Trinajstić information content (AvgIpc) is 1.87. The predicted molar refractivity (Wildman–Crippen MR) is 44.1 cm³/mol. The highest BCUT2D eigenvalue weighted by Gasteiger charge is 2.12. The molecule has 0 unspecified atom stereocenters. The summed E-state index contributed by atoms with van der Waals surface area (Å²) < 4.78 is 4.68. The van der Waals surface area contributed by atoms with E-state index in [4.69, 9.17) is 12.2 Å². The lowest BCUT2D eigenvalue weighted by Crippen LogP contribution is -2.20. The molecule has 3 heteroatoms. The summed E-state index contributed by atoms with van der Waals surface area (Å²) in [5.41, 5.74) is 0. The van der Waals surface area contributed by atoms with Crippen molar-refractivity contribution in [2.75, 3.05) is 6.61 Å². The highest BCUT2D eigenvalue weighted by Crippen LogP contribution is 1.98. The number of hydrogen-bond donors (Lipinski definition) is 0. The Kier molecular flexibility index (Phi) is 4.19. The molecule has 10 heavy (non-hydrogen) atoms. The Morgan fingerprint density at radius 1 is 1.60 bits per heavy atom. The number of carbonyl (C=O) groups is 1. The Balaban J connectivity index is 3.83. The predicted octanol–water partition coefficient (Wildman–Crippen LogP) is 1.58. The molecule has 0 aliphatic rings. The molecule has 0 fully saturated rings. The van der Waals surface area contributed by atoms with Crippen LogP contribution in [0.4, 0.5) is 0 Å². The molecule has 0 saturated heterocycles. The maximum Gasteiger partial charge on any atom is 0.345 e. The molecular weight excluding hydrogens is 148 g/mol. The third kappa shape index (κ3) is 2.92. The smallest absolute Gasteiger partial charge is 0.345 e. The fourth-order valence-corrected chi connectivity index (χ4v) is 0.497. The van der Waals surface area contributed by atoms with Crippen molar-refractivity contribution in [2.45, 2.75) is 20.8 Å². The molecule has 0 aliphatic heterocycles. The molecule has 0 aliphatic carbocycles. The Labute approximate surface area is 66.6 Å². The van der Waals surface area contributed by atoms with Gasteiger partial charge < -0.3 is 4.74 Å². The lowest BCUT2D eigenvalue weighted by molar-refractivity contribution is -0.135. The second-order valence-corrected chi connectivity index (χ2v) is 2.68. The third-order valence-electron chi connectivity index (χ3n) is 1.00. The quantitative estimate of drug-likeness (QED) is 0.463. The molecule has 0 atom stereocenters. The van der Waals surface area contributed by atoms with Crippen molar-refractivity contribution >= 4 is 23.1 Å². The van der Waals surface area contributed by atoms with Crippen molar-refractivity contribution in [3.63, 3.8) is 0 Å². The Hall–Kier alpha value is -0.440. The summed E-state index contributed by atoms with van der Waals surface area (Å²) in [7, 11) is 0. The molecule has 0 aromatic heterocycles. The van der Waals surface area contributed by atoms with Gasteiger partial charge in [-0.15, -0.1) is 0 Å². The SMILES string of the molecule is CCOC(=O)C(=S)C(C)C. The standard InChI is InChI=1S/C7H12O2S/c1-4-9-7(8)6(10)5(2)3/h5H,4H2,1-3H3. The van der Waals surface area contributed by atoms with E-state index in [0.29, 0.717) is 11.5 Å². The molecule has 0 rings (SSSR count). The number of thiocarbonyl (C=S) groups is 1. The van der Waals surface area contributed by atoms with Gasteiger partial charge in [0, 0.05) is 0 Å². The van der Waals surface area contributed by atoms with Gasteiger partial charge in [0.1, 0.15) is 4.86 Å². The molecule has 0 bridgehead atoms. The highest BCUT2D eigenvalue weighted by atomic mass is 32.1. The van der Waals surface area contributed by atoms with Crippen LogP contribution in [0.1, 0.15) is 20.8 Å². The van der Waals surface area contributed by atoms with Gasteiger partial charge >= 0.3 is 5.97 Å². The van der Waals surface area contributed by atoms with Gasteiger partial charge in [0.25, 0.3) is 0 Å². The average molecular weight is 160 g/mol. The molecule has 0 N–H and O–H groups in total. The first-order valence-electron chi connectivity index (χ1n) is 3.30. The van der Waals surface area contributed by atoms with Gasteiger partial charge in [-0.25, -0.2) is 4.79 Å². The maximum absolute atomic E-state index is 10.8. The van der Waals surface area contributed by atoms with Gasteiger partial charge in [-0.3, -0.25) is 0 Å². The second-order valence-electron chi connectivity index (χ2n) is 2.24. The van der Waals surface area contributed by atoms with E-state index in [2.05, 4.69) is 4.74 Å². The Morgan fingerprint density at radius 3 is 2.40 bits per heavy atom. The van der Waals surface area contributed by atoms with Crippen molar-refractivity contribution in [2.24, 2.45) is 5.92 Å². The first-order chi connectivity index (χ1) is 4.59. The first-order valence-corrected chi connectivity index (χ1v) is 3.71. The number of ether oxygens (including phenoxy) is 1. The number of rotatable bonds is 3. The van der Waals surface area contributed by atoms with Crippen LogP contribution in [0.5, 0.6) is 0 Å².